The van der Waals surface area contributed by atoms with Crippen LogP contribution in [0.15, 0.2) is 12.4 Å². The van der Waals surface area contributed by atoms with Gasteiger partial charge in [0.25, 0.3) is 0 Å². The van der Waals surface area contributed by atoms with E-state index in [2.05, 4.69) is 39.1 Å². The summed E-state index contributed by atoms with van der Waals surface area (Å²) in [6.07, 6.45) is 9.16. The van der Waals surface area contributed by atoms with Crippen molar-refractivity contribution in [2.24, 2.45) is 5.92 Å². The summed E-state index contributed by atoms with van der Waals surface area (Å²) in [5.41, 5.74) is 4.54. The lowest BCUT2D eigenvalue weighted by Gasteiger charge is -2.32. The number of piperidine rings is 1. The number of hydrogen-bond donors (Lipinski definition) is 1. The van der Waals surface area contributed by atoms with Crippen molar-refractivity contribution in [3.63, 3.8) is 0 Å². The van der Waals surface area contributed by atoms with E-state index in [0.717, 1.165) is 62.5 Å². The van der Waals surface area contributed by atoms with Crippen LogP contribution in [0.3, 0.4) is 0 Å². The van der Waals surface area contributed by atoms with Gasteiger partial charge in [0.2, 0.25) is 11.9 Å². The van der Waals surface area contributed by atoms with Gasteiger partial charge in [0, 0.05) is 37.7 Å². The third-order valence-electron chi connectivity index (χ3n) is 5.80. The van der Waals surface area contributed by atoms with Crippen molar-refractivity contribution < 1.29 is 4.79 Å². The quantitative estimate of drug-likeness (QED) is 0.740. The number of aryl methyl sites for hydroxylation is 2. The number of rotatable bonds is 8. The van der Waals surface area contributed by atoms with E-state index in [9.17, 15) is 4.79 Å². The van der Waals surface area contributed by atoms with E-state index in [0.29, 0.717) is 12.5 Å². The van der Waals surface area contributed by atoms with Crippen molar-refractivity contribution in [3.8, 4) is 0 Å². The summed E-state index contributed by atoms with van der Waals surface area (Å²) in [5.74, 6) is 1.24. The average Bonchev–Trinajstić information content (AvgIpc) is 2.99. The predicted molar refractivity (Wildman–Crippen MR) is 115 cm³/mol. The number of nitrogens with one attached hydrogen (secondary N) is 1. The first-order valence-corrected chi connectivity index (χ1v) is 10.9. The highest BCUT2D eigenvalue weighted by Gasteiger charge is 2.22. The molecule has 3 rings (SSSR count). The molecule has 0 saturated carbocycles. The lowest BCUT2D eigenvalue weighted by Crippen LogP contribution is -2.42. The minimum absolute atomic E-state index is 0.0237. The Morgan fingerprint density at radius 2 is 2.00 bits per heavy atom. The van der Waals surface area contributed by atoms with Crippen LogP contribution in [0.5, 0.6) is 0 Å². The maximum atomic E-state index is 12.5. The first-order chi connectivity index (χ1) is 14.0. The molecule has 7 heteroatoms. The summed E-state index contributed by atoms with van der Waals surface area (Å²) >= 11 is 0. The molecule has 0 bridgehead atoms. The number of aromatic nitrogens is 4. The molecular formula is C22H34N6O. The van der Waals surface area contributed by atoms with Gasteiger partial charge in [-0.15, -0.1) is 0 Å². The van der Waals surface area contributed by atoms with E-state index in [1.165, 1.54) is 11.1 Å². The van der Waals surface area contributed by atoms with Crippen molar-refractivity contribution in [2.45, 2.75) is 66.3 Å². The van der Waals surface area contributed by atoms with Gasteiger partial charge in [0.05, 0.1) is 5.69 Å². The van der Waals surface area contributed by atoms with Crippen molar-refractivity contribution in [1.82, 2.24) is 25.1 Å². The van der Waals surface area contributed by atoms with Gasteiger partial charge in [0.15, 0.2) is 0 Å². The molecular weight excluding hydrogens is 364 g/mol. The Morgan fingerprint density at radius 1 is 1.24 bits per heavy atom. The largest absolute Gasteiger partial charge is 0.354 e. The van der Waals surface area contributed by atoms with E-state index in [-0.39, 0.29) is 12.5 Å². The Kier molecular flexibility index (Phi) is 7.23. The Morgan fingerprint density at radius 3 is 2.66 bits per heavy atom. The highest BCUT2D eigenvalue weighted by molar-refractivity contribution is 5.75. The van der Waals surface area contributed by atoms with Crippen LogP contribution in [-0.2, 0) is 24.2 Å². The zero-order valence-electron chi connectivity index (χ0n) is 18.2. The van der Waals surface area contributed by atoms with Crippen molar-refractivity contribution in [2.75, 3.05) is 24.5 Å². The summed E-state index contributed by atoms with van der Waals surface area (Å²) in [6.45, 7) is 11.2. The number of carbonyl (C=O) groups excluding carboxylic acids is 1. The average molecular weight is 399 g/mol. The molecule has 0 aliphatic carbocycles. The SMILES string of the molecule is CCCc1cnc(N2CCCC(CNC(=O)Cn3nc(C)c(CC)c3C)C2)nc1. The monoisotopic (exact) mass is 398 g/mol. The zero-order chi connectivity index (χ0) is 20.8. The fraction of sp³-hybridized carbons (Fsp3) is 0.636. The van der Waals surface area contributed by atoms with Crippen LogP contribution in [0.25, 0.3) is 0 Å². The maximum absolute atomic E-state index is 12.5. The molecule has 158 valence electrons. The number of amides is 1. The molecule has 1 N–H and O–H groups in total. The van der Waals surface area contributed by atoms with Crippen LogP contribution < -0.4 is 10.2 Å². The van der Waals surface area contributed by atoms with E-state index in [1.54, 1.807) is 0 Å². The molecule has 0 spiro atoms. The van der Waals surface area contributed by atoms with Crippen molar-refractivity contribution in [1.29, 1.82) is 0 Å². The van der Waals surface area contributed by atoms with Gasteiger partial charge in [-0.05, 0) is 56.6 Å². The second kappa shape index (κ2) is 9.85. The van der Waals surface area contributed by atoms with Crippen LogP contribution >= 0.6 is 0 Å². The summed E-state index contributed by atoms with van der Waals surface area (Å²) in [6, 6.07) is 0. The summed E-state index contributed by atoms with van der Waals surface area (Å²) < 4.78 is 1.82. The van der Waals surface area contributed by atoms with Gasteiger partial charge < -0.3 is 10.2 Å². The van der Waals surface area contributed by atoms with Gasteiger partial charge in [-0.3, -0.25) is 9.48 Å². The Bertz CT molecular complexity index is 813. The maximum Gasteiger partial charge on any atom is 0.241 e. The molecule has 1 unspecified atom stereocenters. The topological polar surface area (TPSA) is 75.9 Å². The highest BCUT2D eigenvalue weighted by Crippen LogP contribution is 2.20. The normalized spacial score (nSPS) is 16.8. The van der Waals surface area contributed by atoms with Gasteiger partial charge in [-0.1, -0.05) is 20.3 Å². The van der Waals surface area contributed by atoms with Crippen molar-refractivity contribution >= 4 is 11.9 Å². The van der Waals surface area contributed by atoms with Crippen LogP contribution in [0, 0.1) is 19.8 Å². The molecule has 0 aromatic carbocycles. The van der Waals surface area contributed by atoms with Crippen LogP contribution in [0.1, 0.15) is 55.6 Å². The molecule has 7 nitrogen and oxygen atoms in total. The van der Waals surface area contributed by atoms with Crippen molar-refractivity contribution in [3.05, 3.63) is 34.9 Å². The first-order valence-electron chi connectivity index (χ1n) is 10.9. The molecule has 29 heavy (non-hydrogen) atoms. The summed E-state index contributed by atoms with van der Waals surface area (Å²) in [4.78, 5) is 23.8. The highest BCUT2D eigenvalue weighted by atomic mass is 16.2. The molecule has 1 fully saturated rings. The number of anilines is 1. The third-order valence-corrected chi connectivity index (χ3v) is 5.80. The standard InChI is InChI=1S/C22H34N6O/c1-5-8-18-11-24-22(25-12-18)27-10-7-9-19(14-27)13-23-21(29)15-28-17(4)20(6-2)16(3)26-28/h11-12,19H,5-10,13-15H2,1-4H3,(H,23,29). The fourth-order valence-electron chi connectivity index (χ4n) is 4.19. The van der Waals surface area contributed by atoms with E-state index in [1.807, 2.05) is 30.9 Å². The predicted octanol–water partition coefficient (Wildman–Crippen LogP) is 2.84. The number of nitrogens with zero attached hydrogens (tertiary/aromatic N) is 5. The van der Waals surface area contributed by atoms with Crippen LogP contribution in [0.4, 0.5) is 5.95 Å². The minimum atomic E-state index is 0.0237. The summed E-state index contributed by atoms with van der Waals surface area (Å²) in [7, 11) is 0. The van der Waals surface area contributed by atoms with E-state index >= 15 is 0 Å². The Balaban J connectivity index is 1.51. The Labute approximate surface area is 173 Å². The second-order valence-electron chi connectivity index (χ2n) is 8.06. The lowest BCUT2D eigenvalue weighted by molar-refractivity contribution is -0.122. The van der Waals surface area contributed by atoms with Crippen LogP contribution in [0.2, 0.25) is 0 Å². The van der Waals surface area contributed by atoms with Gasteiger partial charge >= 0.3 is 0 Å². The number of hydrogen-bond acceptors (Lipinski definition) is 5. The van der Waals surface area contributed by atoms with Gasteiger partial charge in [0.1, 0.15) is 6.54 Å². The molecule has 1 atom stereocenters. The fourth-order valence-corrected chi connectivity index (χ4v) is 4.19. The van der Waals surface area contributed by atoms with Gasteiger partial charge in [-0.25, -0.2) is 9.97 Å². The molecule has 1 amide bonds. The molecule has 1 aliphatic rings. The zero-order valence-corrected chi connectivity index (χ0v) is 18.2. The van der Waals surface area contributed by atoms with Crippen LogP contribution in [-0.4, -0.2) is 45.3 Å². The Hall–Kier alpha value is -2.44. The summed E-state index contributed by atoms with van der Waals surface area (Å²) in [5, 5.41) is 7.62. The molecule has 2 aromatic heterocycles. The van der Waals surface area contributed by atoms with E-state index in [4.69, 9.17) is 0 Å². The molecule has 0 radical (unpaired) electrons. The first kappa shape index (κ1) is 21.3. The molecule has 2 aromatic rings. The number of carbonyl (C=O) groups is 1. The van der Waals surface area contributed by atoms with E-state index < -0.39 is 0 Å². The second-order valence-corrected chi connectivity index (χ2v) is 8.06. The molecule has 1 aliphatic heterocycles. The van der Waals surface area contributed by atoms with Gasteiger partial charge in [-0.2, -0.15) is 5.10 Å². The molecule has 1 saturated heterocycles. The lowest BCUT2D eigenvalue weighted by atomic mass is 9.98. The smallest absolute Gasteiger partial charge is 0.241 e. The minimum Gasteiger partial charge on any atom is -0.354 e. The molecule has 3 heterocycles. The third kappa shape index (κ3) is 5.34.